The molecule has 0 saturated carbocycles. The van der Waals surface area contributed by atoms with Crippen molar-refractivity contribution in [2.45, 2.75) is 32.4 Å². The van der Waals surface area contributed by atoms with E-state index in [4.69, 9.17) is 5.11 Å². The number of rotatable bonds is 4. The van der Waals surface area contributed by atoms with Gasteiger partial charge in [-0.15, -0.1) is 0 Å². The molecule has 0 aliphatic heterocycles. The molecule has 1 aromatic carbocycles. The van der Waals surface area contributed by atoms with E-state index in [1.807, 2.05) is 6.92 Å². The first kappa shape index (κ1) is 16.2. The monoisotopic (exact) mass is 297 g/mol. The van der Waals surface area contributed by atoms with E-state index in [0.717, 1.165) is 11.6 Å². The van der Waals surface area contributed by atoms with Crippen molar-refractivity contribution in [2.24, 2.45) is 0 Å². The number of anilines is 1. The molecule has 0 unspecified atom stereocenters. The Morgan fingerprint density at radius 3 is 2.40 bits per heavy atom. The van der Waals surface area contributed by atoms with Crippen LogP contribution in [0.3, 0.4) is 0 Å². The number of benzene rings is 1. The Balaban J connectivity index is 3.11. The van der Waals surface area contributed by atoms with Crippen molar-refractivity contribution in [3.8, 4) is 0 Å². The quantitative estimate of drug-likeness (QED) is 0.837. The fraction of sp³-hybridized carbons (Fsp3) is 0.357. The molecule has 0 aliphatic carbocycles. The maximum Gasteiger partial charge on any atom is 0.328 e. The van der Waals surface area contributed by atoms with E-state index in [1.165, 1.54) is 6.08 Å². The van der Waals surface area contributed by atoms with Gasteiger partial charge < -0.3 is 5.11 Å². The Kier molecular flexibility index (Phi) is 4.60. The zero-order valence-electron chi connectivity index (χ0n) is 12.0. The topological polar surface area (TPSA) is 83.5 Å². The second-order valence-corrected chi connectivity index (χ2v) is 7.90. The van der Waals surface area contributed by atoms with Gasteiger partial charge in [-0.1, -0.05) is 6.07 Å². The van der Waals surface area contributed by atoms with E-state index in [2.05, 4.69) is 4.72 Å². The van der Waals surface area contributed by atoms with Crippen LogP contribution in [0.25, 0.3) is 6.08 Å². The van der Waals surface area contributed by atoms with Crippen molar-refractivity contribution >= 4 is 27.8 Å². The number of sulfonamides is 1. The highest BCUT2D eigenvalue weighted by Gasteiger charge is 2.28. The molecule has 0 spiro atoms. The average Bonchev–Trinajstić information content (AvgIpc) is 2.27. The summed E-state index contributed by atoms with van der Waals surface area (Å²) in [6.45, 7) is 6.64. The Bertz CT molecular complexity index is 640. The Hall–Kier alpha value is -1.82. The lowest BCUT2D eigenvalue weighted by atomic mass is 10.1. The molecule has 5 nitrogen and oxygen atoms in total. The van der Waals surface area contributed by atoms with Crippen LogP contribution in [-0.4, -0.2) is 24.2 Å². The van der Waals surface area contributed by atoms with Crippen molar-refractivity contribution < 1.29 is 18.3 Å². The number of hydrogen-bond donors (Lipinski definition) is 2. The zero-order valence-corrected chi connectivity index (χ0v) is 12.8. The van der Waals surface area contributed by atoms with Gasteiger partial charge >= 0.3 is 5.97 Å². The Labute approximate surface area is 119 Å². The summed E-state index contributed by atoms with van der Waals surface area (Å²) in [6.07, 6.45) is 2.46. The highest BCUT2D eigenvalue weighted by molar-refractivity contribution is 7.94. The molecule has 1 rings (SSSR count). The van der Waals surface area contributed by atoms with Gasteiger partial charge in [-0.2, -0.15) is 0 Å². The normalized spacial score (nSPS) is 12.6. The van der Waals surface area contributed by atoms with E-state index in [-0.39, 0.29) is 0 Å². The van der Waals surface area contributed by atoms with Gasteiger partial charge in [-0.25, -0.2) is 13.2 Å². The lowest BCUT2D eigenvalue weighted by Gasteiger charge is -2.20. The summed E-state index contributed by atoms with van der Waals surface area (Å²) < 4.78 is 25.7. The third-order valence-corrected chi connectivity index (χ3v) is 4.86. The zero-order chi connectivity index (χ0) is 15.6. The van der Waals surface area contributed by atoms with Gasteiger partial charge in [-0.05, 0) is 57.0 Å². The van der Waals surface area contributed by atoms with Crippen molar-refractivity contribution in [2.75, 3.05) is 4.72 Å². The molecule has 6 heteroatoms. The van der Waals surface area contributed by atoms with E-state index in [1.54, 1.807) is 39.0 Å². The fourth-order valence-corrected chi connectivity index (χ4v) is 2.10. The summed E-state index contributed by atoms with van der Waals surface area (Å²) in [4.78, 5) is 10.5. The summed E-state index contributed by atoms with van der Waals surface area (Å²) in [5.74, 6) is -1.05. The van der Waals surface area contributed by atoms with Crippen LogP contribution in [0.15, 0.2) is 24.3 Å². The molecule has 2 N–H and O–H groups in total. The van der Waals surface area contributed by atoms with Gasteiger partial charge in [0.1, 0.15) is 0 Å². The molecule has 110 valence electrons. The van der Waals surface area contributed by atoms with Crippen LogP contribution in [0, 0.1) is 6.92 Å². The second kappa shape index (κ2) is 5.66. The maximum absolute atomic E-state index is 12.1. The number of carboxylic acid groups (broad SMARTS) is 1. The van der Waals surface area contributed by atoms with Gasteiger partial charge in [0.15, 0.2) is 0 Å². The number of carbonyl (C=O) groups is 1. The molecule has 0 aromatic heterocycles. The summed E-state index contributed by atoms with van der Waals surface area (Å²) >= 11 is 0. The molecule has 0 heterocycles. The van der Waals surface area contributed by atoms with Crippen molar-refractivity contribution in [3.63, 3.8) is 0 Å². The molecule has 0 bridgehead atoms. The van der Waals surface area contributed by atoms with Crippen LogP contribution >= 0.6 is 0 Å². The van der Waals surface area contributed by atoms with Crippen LogP contribution in [0.2, 0.25) is 0 Å². The number of hydrogen-bond acceptors (Lipinski definition) is 3. The molecule has 0 atom stereocenters. The molecule has 0 radical (unpaired) electrons. The first-order chi connectivity index (χ1) is 9.03. The number of nitrogens with one attached hydrogen (secondary N) is 1. The van der Waals surface area contributed by atoms with Gasteiger partial charge in [0.25, 0.3) is 0 Å². The first-order valence-corrected chi connectivity index (χ1v) is 7.55. The van der Waals surface area contributed by atoms with Crippen LogP contribution in [0.1, 0.15) is 31.9 Å². The molecule has 0 aliphatic rings. The predicted molar refractivity (Wildman–Crippen MR) is 80.1 cm³/mol. The minimum absolute atomic E-state index is 0.413. The summed E-state index contributed by atoms with van der Waals surface area (Å²) in [5.41, 5.74) is 1.93. The van der Waals surface area contributed by atoms with Gasteiger partial charge in [0.05, 0.1) is 4.75 Å². The number of aryl methyl sites for hydroxylation is 1. The number of aliphatic carboxylic acids is 1. The smallest absolute Gasteiger partial charge is 0.328 e. The third-order valence-electron chi connectivity index (χ3n) is 2.74. The van der Waals surface area contributed by atoms with Crippen molar-refractivity contribution in [1.29, 1.82) is 0 Å². The maximum atomic E-state index is 12.1. The lowest BCUT2D eigenvalue weighted by molar-refractivity contribution is -0.131. The molecule has 0 fully saturated rings. The first-order valence-electron chi connectivity index (χ1n) is 6.07. The molecule has 20 heavy (non-hydrogen) atoms. The highest BCUT2D eigenvalue weighted by atomic mass is 32.2. The predicted octanol–water partition coefficient (Wildman–Crippen LogP) is 2.63. The number of carboxylic acids is 1. The molecule has 1 aromatic rings. The lowest BCUT2D eigenvalue weighted by Crippen LogP contribution is -2.33. The van der Waals surface area contributed by atoms with E-state index in [9.17, 15) is 13.2 Å². The van der Waals surface area contributed by atoms with E-state index < -0.39 is 20.7 Å². The Morgan fingerprint density at radius 2 is 1.90 bits per heavy atom. The van der Waals surface area contributed by atoms with E-state index in [0.29, 0.717) is 11.3 Å². The summed E-state index contributed by atoms with van der Waals surface area (Å²) in [6, 6.07) is 5.00. The molecule has 0 amide bonds. The average molecular weight is 297 g/mol. The van der Waals surface area contributed by atoms with Gasteiger partial charge in [0, 0.05) is 11.8 Å². The van der Waals surface area contributed by atoms with Crippen LogP contribution in [0.5, 0.6) is 0 Å². The van der Waals surface area contributed by atoms with Crippen molar-refractivity contribution in [1.82, 2.24) is 0 Å². The van der Waals surface area contributed by atoms with Crippen molar-refractivity contribution in [3.05, 3.63) is 35.4 Å². The van der Waals surface area contributed by atoms with Gasteiger partial charge in [-0.3, -0.25) is 4.72 Å². The largest absolute Gasteiger partial charge is 0.478 e. The summed E-state index contributed by atoms with van der Waals surface area (Å²) in [7, 11) is -3.50. The van der Waals surface area contributed by atoms with Crippen LogP contribution in [0.4, 0.5) is 5.69 Å². The molecular formula is C14H19NO4S. The van der Waals surface area contributed by atoms with Crippen LogP contribution in [-0.2, 0) is 14.8 Å². The van der Waals surface area contributed by atoms with E-state index >= 15 is 0 Å². The Morgan fingerprint density at radius 1 is 1.30 bits per heavy atom. The van der Waals surface area contributed by atoms with Gasteiger partial charge in [0.2, 0.25) is 10.0 Å². The van der Waals surface area contributed by atoms with Crippen LogP contribution < -0.4 is 4.72 Å². The standard InChI is InChI=1S/C14H19NO4S/c1-10-5-7-12(9-11(10)6-8-13(16)17)15-20(18,19)14(2,3)4/h5-9,15H,1-4H3,(H,16,17). The third kappa shape index (κ3) is 4.09. The highest BCUT2D eigenvalue weighted by Crippen LogP contribution is 2.22. The fourth-order valence-electron chi connectivity index (χ4n) is 1.35. The SMILES string of the molecule is Cc1ccc(NS(=O)(=O)C(C)(C)C)cc1C=CC(=O)O. The minimum atomic E-state index is -3.50. The summed E-state index contributed by atoms with van der Waals surface area (Å²) in [5, 5.41) is 8.63. The second-order valence-electron chi connectivity index (χ2n) is 5.46. The molecule has 0 saturated heterocycles. The molecular weight excluding hydrogens is 278 g/mol. The minimum Gasteiger partial charge on any atom is -0.478 e.